The second-order valence-corrected chi connectivity index (χ2v) is 6.41. The van der Waals surface area contributed by atoms with Gasteiger partial charge in [0.15, 0.2) is 0 Å². The van der Waals surface area contributed by atoms with Gasteiger partial charge in [0.1, 0.15) is 5.82 Å². The van der Waals surface area contributed by atoms with Crippen molar-refractivity contribution in [1.29, 1.82) is 0 Å². The fraction of sp³-hybridized carbons (Fsp3) is 0.0455. The van der Waals surface area contributed by atoms with E-state index in [9.17, 15) is 19.1 Å². The molecule has 0 fully saturated rings. The van der Waals surface area contributed by atoms with Gasteiger partial charge in [0.2, 0.25) is 5.91 Å². The van der Waals surface area contributed by atoms with E-state index in [4.69, 9.17) is 0 Å². The molecule has 138 valence electrons. The van der Waals surface area contributed by atoms with Crippen molar-refractivity contribution in [3.63, 3.8) is 0 Å². The molecule has 1 amide bonds. The number of carbonyl (C=O) groups is 2. The number of aliphatic imine (C=N–C) groups is 1. The van der Waals surface area contributed by atoms with Gasteiger partial charge in [-0.3, -0.25) is 9.79 Å². The summed E-state index contributed by atoms with van der Waals surface area (Å²) in [6, 6.07) is 17.9. The van der Waals surface area contributed by atoms with Gasteiger partial charge in [0.25, 0.3) is 0 Å². The lowest BCUT2D eigenvalue weighted by atomic mass is 10.0. The van der Waals surface area contributed by atoms with E-state index in [0.29, 0.717) is 22.6 Å². The molecule has 0 saturated heterocycles. The zero-order chi connectivity index (χ0) is 19.7. The van der Waals surface area contributed by atoms with Crippen LogP contribution in [0.2, 0.25) is 0 Å². The summed E-state index contributed by atoms with van der Waals surface area (Å²) in [5.74, 6) is -1.59. The van der Waals surface area contributed by atoms with Crippen LogP contribution in [0.5, 0.6) is 0 Å². The summed E-state index contributed by atoms with van der Waals surface area (Å²) >= 11 is 0. The van der Waals surface area contributed by atoms with Crippen molar-refractivity contribution in [2.75, 3.05) is 5.32 Å². The fourth-order valence-electron chi connectivity index (χ4n) is 3.09. The van der Waals surface area contributed by atoms with Gasteiger partial charge in [0, 0.05) is 0 Å². The van der Waals surface area contributed by atoms with E-state index in [1.54, 1.807) is 36.4 Å². The van der Waals surface area contributed by atoms with E-state index < -0.39 is 5.97 Å². The second kappa shape index (κ2) is 7.08. The number of benzene rings is 3. The van der Waals surface area contributed by atoms with Gasteiger partial charge in [-0.15, -0.1) is 0 Å². The first-order valence-electron chi connectivity index (χ1n) is 8.61. The summed E-state index contributed by atoms with van der Waals surface area (Å²) < 4.78 is 13.2. The topological polar surface area (TPSA) is 78.8 Å². The van der Waals surface area contributed by atoms with Crippen LogP contribution in [0.3, 0.4) is 0 Å². The first kappa shape index (κ1) is 17.6. The minimum absolute atomic E-state index is 0.0314. The first-order chi connectivity index (χ1) is 13.5. The third-order valence-electron chi connectivity index (χ3n) is 4.47. The molecule has 3 aromatic rings. The molecule has 5 nitrogen and oxygen atoms in total. The van der Waals surface area contributed by atoms with E-state index in [0.717, 1.165) is 11.1 Å². The third-order valence-corrected chi connectivity index (χ3v) is 4.47. The van der Waals surface area contributed by atoms with Crippen LogP contribution in [0.15, 0.2) is 71.7 Å². The molecule has 4 rings (SSSR count). The van der Waals surface area contributed by atoms with Crippen molar-refractivity contribution in [3.05, 3.63) is 83.7 Å². The van der Waals surface area contributed by atoms with Crippen LogP contribution < -0.4 is 5.32 Å². The molecule has 6 heteroatoms. The van der Waals surface area contributed by atoms with Gasteiger partial charge in [-0.05, 0) is 53.1 Å². The minimum atomic E-state index is -1.04. The monoisotopic (exact) mass is 374 g/mol. The number of hydrogen-bond acceptors (Lipinski definition) is 3. The zero-order valence-corrected chi connectivity index (χ0v) is 14.6. The van der Waals surface area contributed by atoms with Gasteiger partial charge in [-0.2, -0.15) is 0 Å². The summed E-state index contributed by atoms with van der Waals surface area (Å²) in [6.07, 6.45) is 0.0314. The highest BCUT2D eigenvalue weighted by atomic mass is 19.1. The number of halogens is 1. The van der Waals surface area contributed by atoms with Crippen molar-refractivity contribution in [3.8, 4) is 11.1 Å². The molecule has 3 aromatic carbocycles. The Bertz CT molecular complexity index is 1120. The summed E-state index contributed by atoms with van der Waals surface area (Å²) in [5, 5.41) is 12.0. The number of carboxylic acids is 1. The lowest BCUT2D eigenvalue weighted by Gasteiger charge is -2.08. The molecular weight excluding hydrogens is 359 g/mol. The Balaban J connectivity index is 1.76. The Hall–Kier alpha value is -3.80. The normalized spacial score (nSPS) is 13.2. The van der Waals surface area contributed by atoms with Crippen LogP contribution in [0.4, 0.5) is 15.8 Å². The SMILES string of the molecule is O=C1CC(c2cccc(C(=O)O)c2)=Nc2ccc(-c3ccc(F)cc3)cc2N1. The quantitative estimate of drug-likeness (QED) is 0.700. The number of amides is 1. The highest BCUT2D eigenvalue weighted by Crippen LogP contribution is 2.33. The smallest absolute Gasteiger partial charge is 0.335 e. The van der Waals surface area contributed by atoms with Crippen molar-refractivity contribution >= 4 is 29.0 Å². The van der Waals surface area contributed by atoms with E-state index in [1.165, 1.54) is 24.3 Å². The van der Waals surface area contributed by atoms with Crippen LogP contribution in [0, 0.1) is 5.82 Å². The Labute approximate surface area is 160 Å². The van der Waals surface area contributed by atoms with Crippen LogP contribution >= 0.6 is 0 Å². The number of rotatable bonds is 3. The number of aromatic carboxylic acids is 1. The fourth-order valence-corrected chi connectivity index (χ4v) is 3.09. The lowest BCUT2D eigenvalue weighted by molar-refractivity contribution is -0.115. The average Bonchev–Trinajstić information content (AvgIpc) is 2.86. The standard InChI is InChI=1S/C22H15FN2O3/c23-17-7-4-13(5-8-17)14-6-9-18-20(11-14)25-21(26)12-19(24-18)15-2-1-3-16(10-15)22(27)28/h1-11H,12H2,(H,25,26)(H,27,28). The Kier molecular flexibility index (Phi) is 4.45. The van der Waals surface area contributed by atoms with Gasteiger partial charge in [-0.1, -0.05) is 30.3 Å². The van der Waals surface area contributed by atoms with E-state index in [2.05, 4.69) is 10.3 Å². The predicted molar refractivity (Wildman–Crippen MR) is 105 cm³/mol. The van der Waals surface area contributed by atoms with Crippen LogP contribution in [-0.4, -0.2) is 22.7 Å². The zero-order valence-electron chi connectivity index (χ0n) is 14.6. The van der Waals surface area contributed by atoms with Crippen molar-refractivity contribution in [2.45, 2.75) is 6.42 Å². The largest absolute Gasteiger partial charge is 0.478 e. The third kappa shape index (κ3) is 3.53. The van der Waals surface area contributed by atoms with Crippen molar-refractivity contribution in [2.24, 2.45) is 4.99 Å². The van der Waals surface area contributed by atoms with E-state index in [-0.39, 0.29) is 23.7 Å². The molecule has 0 aliphatic carbocycles. The van der Waals surface area contributed by atoms with Gasteiger partial charge >= 0.3 is 5.97 Å². The molecule has 1 aliphatic rings. The lowest BCUT2D eigenvalue weighted by Crippen LogP contribution is -2.15. The maximum absolute atomic E-state index is 13.2. The molecule has 0 radical (unpaired) electrons. The summed E-state index contributed by atoms with van der Waals surface area (Å²) in [6.45, 7) is 0. The Morgan fingerprint density at radius 1 is 0.964 bits per heavy atom. The molecule has 0 saturated carbocycles. The molecule has 0 atom stereocenters. The summed E-state index contributed by atoms with van der Waals surface area (Å²) in [7, 11) is 0. The molecule has 28 heavy (non-hydrogen) atoms. The predicted octanol–water partition coefficient (Wildman–Crippen LogP) is 4.65. The number of anilines is 1. The molecule has 0 aromatic heterocycles. The number of carboxylic acid groups (broad SMARTS) is 1. The molecule has 0 bridgehead atoms. The van der Waals surface area contributed by atoms with E-state index >= 15 is 0 Å². The highest BCUT2D eigenvalue weighted by Gasteiger charge is 2.18. The van der Waals surface area contributed by atoms with Crippen molar-refractivity contribution < 1.29 is 19.1 Å². The highest BCUT2D eigenvalue weighted by molar-refractivity contribution is 6.17. The Morgan fingerprint density at radius 2 is 1.71 bits per heavy atom. The van der Waals surface area contributed by atoms with Gasteiger partial charge in [0.05, 0.1) is 29.1 Å². The second-order valence-electron chi connectivity index (χ2n) is 6.41. The van der Waals surface area contributed by atoms with E-state index in [1.807, 2.05) is 6.07 Å². The Morgan fingerprint density at radius 3 is 2.46 bits per heavy atom. The molecule has 1 aliphatic heterocycles. The number of nitrogens with zero attached hydrogens (tertiary/aromatic N) is 1. The number of hydrogen-bond donors (Lipinski definition) is 2. The maximum atomic E-state index is 13.2. The molecule has 0 spiro atoms. The summed E-state index contributed by atoms with van der Waals surface area (Å²) in [4.78, 5) is 28.2. The van der Waals surface area contributed by atoms with Crippen LogP contribution in [0.1, 0.15) is 22.3 Å². The first-order valence-corrected chi connectivity index (χ1v) is 8.61. The maximum Gasteiger partial charge on any atom is 0.335 e. The average molecular weight is 374 g/mol. The molecular formula is C22H15FN2O3. The van der Waals surface area contributed by atoms with Crippen LogP contribution in [-0.2, 0) is 4.79 Å². The number of nitrogens with one attached hydrogen (secondary N) is 1. The van der Waals surface area contributed by atoms with Gasteiger partial charge < -0.3 is 10.4 Å². The van der Waals surface area contributed by atoms with Gasteiger partial charge in [-0.25, -0.2) is 9.18 Å². The van der Waals surface area contributed by atoms with Crippen LogP contribution in [0.25, 0.3) is 11.1 Å². The molecule has 2 N–H and O–H groups in total. The minimum Gasteiger partial charge on any atom is -0.478 e. The molecule has 0 unspecified atom stereocenters. The van der Waals surface area contributed by atoms with Crippen molar-refractivity contribution in [1.82, 2.24) is 0 Å². The molecule has 1 heterocycles. The summed E-state index contributed by atoms with van der Waals surface area (Å²) in [5.41, 5.74) is 3.99. The number of carbonyl (C=O) groups excluding carboxylic acids is 1. The number of fused-ring (bicyclic) bond motifs is 1.